The molecule has 0 atom stereocenters. The predicted molar refractivity (Wildman–Crippen MR) is 76.9 cm³/mol. The van der Waals surface area contributed by atoms with Gasteiger partial charge in [0.2, 0.25) is 0 Å². The molecule has 1 aromatic carbocycles. The Kier molecular flexibility index (Phi) is 3.90. The third-order valence-corrected chi connectivity index (χ3v) is 4.15. The van der Waals surface area contributed by atoms with Crippen molar-refractivity contribution in [3.63, 3.8) is 0 Å². The number of guanidine groups is 1. The van der Waals surface area contributed by atoms with E-state index in [1.165, 1.54) is 19.3 Å². The molecule has 1 fully saturated rings. The van der Waals surface area contributed by atoms with Gasteiger partial charge >= 0.3 is 0 Å². The van der Waals surface area contributed by atoms with Crippen molar-refractivity contribution >= 4 is 11.6 Å². The van der Waals surface area contributed by atoms with Gasteiger partial charge in [0.25, 0.3) is 0 Å². The first-order chi connectivity index (χ1) is 8.63. The highest BCUT2D eigenvalue weighted by Gasteiger charge is 2.28. The monoisotopic (exact) mass is 245 g/mol. The molecule has 0 aromatic heterocycles. The van der Waals surface area contributed by atoms with Crippen molar-refractivity contribution < 1.29 is 0 Å². The minimum absolute atomic E-state index is 0.490. The van der Waals surface area contributed by atoms with Gasteiger partial charge in [-0.2, -0.15) is 0 Å². The van der Waals surface area contributed by atoms with Crippen molar-refractivity contribution in [2.24, 2.45) is 16.1 Å². The van der Waals surface area contributed by atoms with Crippen molar-refractivity contribution in [2.45, 2.75) is 33.1 Å². The highest BCUT2D eigenvalue weighted by Crippen LogP contribution is 2.33. The quantitative estimate of drug-likeness (QED) is 0.642. The summed E-state index contributed by atoms with van der Waals surface area (Å²) in [5.41, 5.74) is 7.51. The third kappa shape index (κ3) is 3.03. The highest BCUT2D eigenvalue weighted by molar-refractivity contribution is 5.81. The summed E-state index contributed by atoms with van der Waals surface area (Å²) in [5.74, 6) is 0.652. The molecule has 0 bridgehead atoms. The van der Waals surface area contributed by atoms with E-state index in [1.807, 2.05) is 30.3 Å². The van der Waals surface area contributed by atoms with E-state index in [0.29, 0.717) is 11.4 Å². The number of nitrogens with two attached hydrogens (primary N) is 1. The molecule has 98 valence electrons. The Morgan fingerprint density at radius 3 is 2.44 bits per heavy atom. The summed E-state index contributed by atoms with van der Waals surface area (Å²) in [6.45, 7) is 6.69. The first kappa shape index (κ1) is 12.9. The van der Waals surface area contributed by atoms with E-state index < -0.39 is 0 Å². The van der Waals surface area contributed by atoms with Gasteiger partial charge in [-0.15, -0.1) is 0 Å². The van der Waals surface area contributed by atoms with Crippen LogP contribution in [0.15, 0.2) is 35.3 Å². The van der Waals surface area contributed by atoms with Gasteiger partial charge in [0.15, 0.2) is 5.96 Å². The van der Waals surface area contributed by atoms with Crippen molar-refractivity contribution in [2.75, 3.05) is 13.1 Å². The third-order valence-electron chi connectivity index (χ3n) is 4.15. The van der Waals surface area contributed by atoms with Crippen LogP contribution in [0.25, 0.3) is 0 Å². The minimum atomic E-state index is 0.490. The molecule has 18 heavy (non-hydrogen) atoms. The van der Waals surface area contributed by atoms with Crippen LogP contribution in [0.5, 0.6) is 0 Å². The molecule has 2 rings (SSSR count). The second kappa shape index (κ2) is 5.42. The lowest BCUT2D eigenvalue weighted by atomic mass is 9.78. The number of hydrogen-bond donors (Lipinski definition) is 1. The van der Waals surface area contributed by atoms with Gasteiger partial charge in [-0.3, -0.25) is 0 Å². The van der Waals surface area contributed by atoms with Gasteiger partial charge in [0, 0.05) is 13.1 Å². The molecule has 0 aliphatic carbocycles. The minimum Gasteiger partial charge on any atom is -0.369 e. The summed E-state index contributed by atoms with van der Waals surface area (Å²) in [6.07, 6.45) is 3.65. The molecule has 1 heterocycles. The maximum Gasteiger partial charge on any atom is 0.196 e. The van der Waals surface area contributed by atoms with Crippen molar-refractivity contribution in [1.82, 2.24) is 4.90 Å². The number of para-hydroxylation sites is 1. The summed E-state index contributed by atoms with van der Waals surface area (Å²) < 4.78 is 0. The highest BCUT2D eigenvalue weighted by atomic mass is 15.3. The number of likely N-dealkylation sites (tertiary alicyclic amines) is 1. The van der Waals surface area contributed by atoms with Crippen LogP contribution < -0.4 is 5.73 Å². The Labute approximate surface area is 110 Å². The fourth-order valence-electron chi connectivity index (χ4n) is 2.33. The van der Waals surface area contributed by atoms with Crippen molar-refractivity contribution in [1.29, 1.82) is 0 Å². The van der Waals surface area contributed by atoms with Gasteiger partial charge in [-0.1, -0.05) is 38.5 Å². The van der Waals surface area contributed by atoms with Crippen LogP contribution in [0.1, 0.15) is 33.1 Å². The summed E-state index contributed by atoms with van der Waals surface area (Å²) in [7, 11) is 0. The summed E-state index contributed by atoms with van der Waals surface area (Å²) in [4.78, 5) is 6.68. The van der Waals surface area contributed by atoms with Crippen LogP contribution in [0.2, 0.25) is 0 Å². The first-order valence-electron chi connectivity index (χ1n) is 6.77. The number of hydrogen-bond acceptors (Lipinski definition) is 1. The average Bonchev–Trinajstić information content (AvgIpc) is 2.40. The van der Waals surface area contributed by atoms with E-state index in [-0.39, 0.29) is 0 Å². The zero-order valence-corrected chi connectivity index (χ0v) is 11.4. The van der Waals surface area contributed by atoms with Crippen LogP contribution in [-0.2, 0) is 0 Å². The van der Waals surface area contributed by atoms with E-state index >= 15 is 0 Å². The molecule has 0 saturated carbocycles. The molecule has 2 N–H and O–H groups in total. The normalized spacial score (nSPS) is 19.9. The lowest BCUT2D eigenvalue weighted by Crippen LogP contribution is -2.45. The average molecular weight is 245 g/mol. The number of piperidine rings is 1. The molecule has 0 spiro atoms. The second-order valence-electron chi connectivity index (χ2n) is 5.46. The Bertz CT molecular complexity index is 403. The Morgan fingerprint density at radius 1 is 1.28 bits per heavy atom. The van der Waals surface area contributed by atoms with E-state index in [9.17, 15) is 0 Å². The molecule has 1 aliphatic rings. The topological polar surface area (TPSA) is 41.6 Å². The Morgan fingerprint density at radius 2 is 1.89 bits per heavy atom. The molecule has 0 radical (unpaired) electrons. The van der Waals surface area contributed by atoms with Gasteiger partial charge < -0.3 is 10.6 Å². The fraction of sp³-hybridized carbons (Fsp3) is 0.533. The SMILES string of the molecule is CCC1(C)CCN(C(N)=Nc2ccccc2)CC1. The fourth-order valence-corrected chi connectivity index (χ4v) is 2.33. The number of aliphatic imine (C=N–C) groups is 1. The summed E-state index contributed by atoms with van der Waals surface area (Å²) >= 11 is 0. The zero-order chi connectivity index (χ0) is 13.0. The number of nitrogens with zero attached hydrogens (tertiary/aromatic N) is 2. The number of benzene rings is 1. The smallest absolute Gasteiger partial charge is 0.196 e. The van der Waals surface area contributed by atoms with E-state index in [0.717, 1.165) is 18.8 Å². The van der Waals surface area contributed by atoms with Crippen LogP contribution >= 0.6 is 0 Å². The van der Waals surface area contributed by atoms with Gasteiger partial charge in [-0.25, -0.2) is 4.99 Å². The van der Waals surface area contributed by atoms with Crippen LogP contribution in [0.4, 0.5) is 5.69 Å². The number of rotatable bonds is 2. The maximum absolute atomic E-state index is 6.09. The molecule has 3 nitrogen and oxygen atoms in total. The van der Waals surface area contributed by atoms with Crippen molar-refractivity contribution in [3.05, 3.63) is 30.3 Å². The van der Waals surface area contributed by atoms with Crippen LogP contribution in [-0.4, -0.2) is 23.9 Å². The zero-order valence-electron chi connectivity index (χ0n) is 11.4. The van der Waals surface area contributed by atoms with E-state index in [1.54, 1.807) is 0 Å². The molecular formula is C15H23N3. The van der Waals surface area contributed by atoms with E-state index in [4.69, 9.17) is 5.73 Å². The molecule has 1 aromatic rings. The largest absolute Gasteiger partial charge is 0.369 e. The van der Waals surface area contributed by atoms with E-state index in [2.05, 4.69) is 23.7 Å². The summed E-state index contributed by atoms with van der Waals surface area (Å²) in [6, 6.07) is 9.91. The second-order valence-corrected chi connectivity index (χ2v) is 5.46. The Balaban J connectivity index is 2.00. The Hall–Kier alpha value is -1.51. The van der Waals surface area contributed by atoms with Crippen LogP contribution in [0.3, 0.4) is 0 Å². The predicted octanol–water partition coefficient (Wildman–Crippen LogP) is 3.14. The molecule has 1 saturated heterocycles. The van der Waals surface area contributed by atoms with Crippen molar-refractivity contribution in [3.8, 4) is 0 Å². The van der Waals surface area contributed by atoms with Gasteiger partial charge in [-0.05, 0) is 30.4 Å². The molecule has 0 amide bonds. The first-order valence-corrected chi connectivity index (χ1v) is 6.77. The summed E-state index contributed by atoms with van der Waals surface area (Å²) in [5, 5.41) is 0. The maximum atomic E-state index is 6.09. The standard InChI is InChI=1S/C15H23N3/c1-3-15(2)9-11-18(12-10-15)14(16)17-13-7-5-4-6-8-13/h4-8H,3,9-12H2,1-2H3,(H2,16,17). The molecule has 1 aliphatic heterocycles. The molecule has 0 unspecified atom stereocenters. The van der Waals surface area contributed by atoms with Gasteiger partial charge in [0.05, 0.1) is 5.69 Å². The molecular weight excluding hydrogens is 222 g/mol. The van der Waals surface area contributed by atoms with Crippen LogP contribution in [0, 0.1) is 5.41 Å². The lowest BCUT2D eigenvalue weighted by molar-refractivity contribution is 0.161. The lowest BCUT2D eigenvalue weighted by Gasteiger charge is -2.39. The van der Waals surface area contributed by atoms with Gasteiger partial charge in [0.1, 0.15) is 0 Å². The molecule has 3 heteroatoms.